The Labute approximate surface area is 114 Å². The maximum Gasteiger partial charge on any atom is 0.273 e. The molecule has 0 bridgehead atoms. The van der Waals surface area contributed by atoms with Crippen LogP contribution in [0.5, 0.6) is 5.75 Å². The first kappa shape index (κ1) is 13.9. The van der Waals surface area contributed by atoms with Gasteiger partial charge in [0.25, 0.3) is 11.6 Å². The van der Waals surface area contributed by atoms with Crippen LogP contribution in [-0.2, 0) is 6.42 Å². The smallest absolute Gasteiger partial charge is 0.273 e. The van der Waals surface area contributed by atoms with Gasteiger partial charge >= 0.3 is 0 Å². The molecule has 2 aromatic rings. The van der Waals surface area contributed by atoms with Gasteiger partial charge < -0.3 is 14.6 Å². The molecule has 1 aromatic heterocycles. The van der Waals surface area contributed by atoms with Crippen molar-refractivity contribution in [1.29, 1.82) is 0 Å². The molecule has 20 heavy (non-hydrogen) atoms. The summed E-state index contributed by atoms with van der Waals surface area (Å²) in [6.07, 6.45) is 0.634. The topological polar surface area (TPSA) is 103 Å². The van der Waals surface area contributed by atoms with Crippen LogP contribution in [0.2, 0.25) is 0 Å². The Morgan fingerprint density at radius 2 is 2.30 bits per heavy atom. The quantitative estimate of drug-likeness (QED) is 0.629. The second-order valence-corrected chi connectivity index (χ2v) is 4.01. The molecule has 8 heteroatoms. The predicted octanol–water partition coefficient (Wildman–Crippen LogP) is 1.42. The van der Waals surface area contributed by atoms with Crippen LogP contribution in [0.4, 0.5) is 5.69 Å². The van der Waals surface area contributed by atoms with Crippen LogP contribution < -0.4 is 10.1 Å². The molecule has 0 aliphatic carbocycles. The van der Waals surface area contributed by atoms with E-state index in [0.29, 0.717) is 23.6 Å². The molecule has 0 amide bonds. The van der Waals surface area contributed by atoms with E-state index in [4.69, 9.17) is 9.26 Å². The molecule has 0 aliphatic heterocycles. The van der Waals surface area contributed by atoms with Crippen molar-refractivity contribution < 1.29 is 14.2 Å². The summed E-state index contributed by atoms with van der Waals surface area (Å²) in [7, 11) is 3.27. The molecule has 0 radical (unpaired) electrons. The molecule has 0 atom stereocenters. The third-order valence-electron chi connectivity index (χ3n) is 2.69. The Morgan fingerprint density at radius 3 is 2.95 bits per heavy atom. The van der Waals surface area contributed by atoms with Crippen molar-refractivity contribution in [3.8, 4) is 17.2 Å². The van der Waals surface area contributed by atoms with Gasteiger partial charge in [0.1, 0.15) is 5.75 Å². The summed E-state index contributed by atoms with van der Waals surface area (Å²) in [6.45, 7) is 0.733. The van der Waals surface area contributed by atoms with E-state index in [1.165, 1.54) is 25.3 Å². The highest BCUT2D eigenvalue weighted by atomic mass is 16.6. The Kier molecular flexibility index (Phi) is 4.26. The van der Waals surface area contributed by atoms with Gasteiger partial charge in [-0.25, -0.2) is 0 Å². The Hall–Kier alpha value is -2.48. The summed E-state index contributed by atoms with van der Waals surface area (Å²) in [5, 5.41) is 17.6. The molecule has 1 heterocycles. The van der Waals surface area contributed by atoms with Gasteiger partial charge in [-0.1, -0.05) is 5.16 Å². The van der Waals surface area contributed by atoms with Crippen molar-refractivity contribution in [1.82, 2.24) is 15.5 Å². The number of ether oxygens (including phenoxy) is 1. The summed E-state index contributed by atoms with van der Waals surface area (Å²) in [6, 6.07) is 4.23. The molecule has 0 spiro atoms. The Balaban J connectivity index is 2.32. The molecule has 106 valence electrons. The first-order valence-corrected chi connectivity index (χ1v) is 5.95. The van der Waals surface area contributed by atoms with Crippen LogP contribution in [-0.4, -0.2) is 35.8 Å². The Bertz CT molecular complexity index is 611. The van der Waals surface area contributed by atoms with Crippen LogP contribution in [0.25, 0.3) is 11.5 Å². The van der Waals surface area contributed by atoms with Crippen molar-refractivity contribution in [3.63, 3.8) is 0 Å². The first-order chi connectivity index (χ1) is 9.65. The normalized spacial score (nSPS) is 10.5. The SMILES string of the molecule is CNCCc1noc(-c2ccc([N+](=O)[O-])cc2OC)n1. The van der Waals surface area contributed by atoms with Gasteiger partial charge in [0.15, 0.2) is 5.82 Å². The summed E-state index contributed by atoms with van der Waals surface area (Å²) < 4.78 is 10.3. The lowest BCUT2D eigenvalue weighted by atomic mass is 10.2. The molecule has 0 fully saturated rings. The van der Waals surface area contributed by atoms with Crippen LogP contribution >= 0.6 is 0 Å². The second-order valence-electron chi connectivity index (χ2n) is 4.01. The average Bonchev–Trinajstić information content (AvgIpc) is 2.92. The zero-order valence-corrected chi connectivity index (χ0v) is 11.1. The van der Waals surface area contributed by atoms with E-state index >= 15 is 0 Å². The third-order valence-corrected chi connectivity index (χ3v) is 2.69. The van der Waals surface area contributed by atoms with Crippen molar-refractivity contribution >= 4 is 5.69 Å². The molecule has 1 N–H and O–H groups in total. The zero-order chi connectivity index (χ0) is 14.5. The van der Waals surface area contributed by atoms with Gasteiger partial charge in [-0.15, -0.1) is 0 Å². The highest BCUT2D eigenvalue weighted by Gasteiger charge is 2.17. The van der Waals surface area contributed by atoms with E-state index in [1.807, 2.05) is 7.05 Å². The lowest BCUT2D eigenvalue weighted by Gasteiger charge is -2.03. The van der Waals surface area contributed by atoms with Gasteiger partial charge in [0.05, 0.1) is 23.7 Å². The number of nitrogens with one attached hydrogen (secondary N) is 1. The van der Waals surface area contributed by atoms with E-state index in [2.05, 4.69) is 15.5 Å². The lowest BCUT2D eigenvalue weighted by molar-refractivity contribution is -0.384. The van der Waals surface area contributed by atoms with Crippen LogP contribution in [0.3, 0.4) is 0 Å². The Morgan fingerprint density at radius 1 is 1.50 bits per heavy atom. The summed E-state index contributed by atoms with van der Waals surface area (Å²) in [5.41, 5.74) is 0.474. The van der Waals surface area contributed by atoms with Gasteiger partial charge in [0, 0.05) is 19.0 Å². The number of rotatable bonds is 6. The van der Waals surface area contributed by atoms with Gasteiger partial charge in [-0.3, -0.25) is 10.1 Å². The number of nitrogens with zero attached hydrogens (tertiary/aromatic N) is 3. The van der Waals surface area contributed by atoms with E-state index < -0.39 is 4.92 Å². The van der Waals surface area contributed by atoms with E-state index in [-0.39, 0.29) is 11.6 Å². The van der Waals surface area contributed by atoms with Gasteiger partial charge in [-0.05, 0) is 13.1 Å². The minimum absolute atomic E-state index is 0.0551. The standard InChI is InChI=1S/C12H14N4O4/c1-13-6-5-11-14-12(20-15-11)9-4-3-8(16(17)18)7-10(9)19-2/h3-4,7,13H,5-6H2,1-2H3. The summed E-state index contributed by atoms with van der Waals surface area (Å²) in [5.74, 6) is 1.17. The molecule has 1 aromatic carbocycles. The summed E-state index contributed by atoms with van der Waals surface area (Å²) >= 11 is 0. The number of aromatic nitrogens is 2. The maximum absolute atomic E-state index is 10.7. The number of likely N-dealkylation sites (N-methyl/N-ethyl adjacent to an activating group) is 1. The minimum Gasteiger partial charge on any atom is -0.496 e. The molecule has 8 nitrogen and oxygen atoms in total. The highest BCUT2D eigenvalue weighted by Crippen LogP contribution is 2.32. The largest absolute Gasteiger partial charge is 0.496 e. The van der Waals surface area contributed by atoms with Gasteiger partial charge in [0.2, 0.25) is 0 Å². The van der Waals surface area contributed by atoms with E-state index in [0.717, 1.165) is 6.54 Å². The monoisotopic (exact) mass is 278 g/mol. The lowest BCUT2D eigenvalue weighted by Crippen LogP contribution is -2.11. The molecular weight excluding hydrogens is 264 g/mol. The van der Waals surface area contributed by atoms with Crippen molar-refractivity contribution in [3.05, 3.63) is 34.1 Å². The van der Waals surface area contributed by atoms with Crippen LogP contribution in [0.15, 0.2) is 22.7 Å². The zero-order valence-electron chi connectivity index (χ0n) is 11.1. The number of methoxy groups -OCH3 is 1. The minimum atomic E-state index is -0.488. The number of nitro groups is 1. The highest BCUT2D eigenvalue weighted by molar-refractivity contribution is 5.65. The fourth-order valence-electron chi connectivity index (χ4n) is 1.67. The number of benzene rings is 1. The second kappa shape index (κ2) is 6.11. The maximum atomic E-state index is 10.7. The fraction of sp³-hybridized carbons (Fsp3) is 0.333. The molecule has 0 unspecified atom stereocenters. The van der Waals surface area contributed by atoms with Crippen molar-refractivity contribution in [2.24, 2.45) is 0 Å². The number of non-ortho nitro benzene ring substituents is 1. The summed E-state index contributed by atoms with van der Waals surface area (Å²) in [4.78, 5) is 14.5. The third kappa shape index (κ3) is 2.91. The van der Waals surface area contributed by atoms with Crippen LogP contribution in [0, 0.1) is 10.1 Å². The van der Waals surface area contributed by atoms with Crippen molar-refractivity contribution in [2.75, 3.05) is 20.7 Å². The van der Waals surface area contributed by atoms with E-state index in [1.54, 1.807) is 0 Å². The van der Waals surface area contributed by atoms with Gasteiger partial charge in [-0.2, -0.15) is 4.98 Å². The molecule has 0 saturated carbocycles. The molecule has 2 rings (SSSR count). The van der Waals surface area contributed by atoms with Crippen molar-refractivity contribution in [2.45, 2.75) is 6.42 Å². The fourth-order valence-corrected chi connectivity index (χ4v) is 1.67. The molecular formula is C12H14N4O4. The number of nitro benzene ring substituents is 1. The molecule has 0 aliphatic rings. The van der Waals surface area contributed by atoms with E-state index in [9.17, 15) is 10.1 Å². The average molecular weight is 278 g/mol. The number of hydrogen-bond acceptors (Lipinski definition) is 7. The molecule has 0 saturated heterocycles. The predicted molar refractivity (Wildman–Crippen MR) is 70.6 cm³/mol. The van der Waals surface area contributed by atoms with Crippen LogP contribution in [0.1, 0.15) is 5.82 Å². The first-order valence-electron chi connectivity index (χ1n) is 5.95. The number of hydrogen-bond donors (Lipinski definition) is 1.